The number of nitrogens with two attached hydrogens (primary N) is 1. The summed E-state index contributed by atoms with van der Waals surface area (Å²) in [4.78, 5) is 8.60. The van der Waals surface area contributed by atoms with E-state index in [0.717, 1.165) is 31.1 Å². The molecule has 104 valence electrons. The third-order valence-corrected chi connectivity index (χ3v) is 3.16. The second-order valence-corrected chi connectivity index (χ2v) is 4.98. The zero-order valence-electron chi connectivity index (χ0n) is 11.8. The zero-order valence-corrected chi connectivity index (χ0v) is 11.8. The smallest absolute Gasteiger partial charge is 0.196 e. The molecule has 1 aromatic rings. The van der Waals surface area contributed by atoms with Gasteiger partial charge in [-0.25, -0.2) is 4.99 Å². The number of benzene rings is 1. The largest absolute Gasteiger partial charge is 0.375 e. The van der Waals surface area contributed by atoms with Gasteiger partial charge < -0.3 is 20.3 Å². The third kappa shape index (κ3) is 3.38. The predicted molar refractivity (Wildman–Crippen MR) is 79.0 cm³/mol. The summed E-state index contributed by atoms with van der Waals surface area (Å²) in [6, 6.07) is 8.08. The van der Waals surface area contributed by atoms with Crippen LogP contribution in [0.4, 0.5) is 11.4 Å². The molecule has 0 amide bonds. The molecule has 5 nitrogen and oxygen atoms in total. The van der Waals surface area contributed by atoms with E-state index in [2.05, 4.69) is 22.9 Å². The summed E-state index contributed by atoms with van der Waals surface area (Å²) in [6.45, 7) is 4.61. The van der Waals surface area contributed by atoms with Crippen LogP contribution in [-0.4, -0.2) is 50.8 Å². The Morgan fingerprint density at radius 3 is 2.84 bits per heavy atom. The van der Waals surface area contributed by atoms with Gasteiger partial charge in [0.2, 0.25) is 0 Å². The maximum atomic E-state index is 5.91. The fourth-order valence-corrected chi connectivity index (χ4v) is 2.09. The number of para-hydroxylation sites is 2. The van der Waals surface area contributed by atoms with E-state index in [4.69, 9.17) is 10.5 Å². The lowest BCUT2D eigenvalue weighted by Gasteiger charge is -2.33. The van der Waals surface area contributed by atoms with Crippen LogP contribution in [0.2, 0.25) is 0 Å². The first-order chi connectivity index (χ1) is 9.08. The number of guanidine groups is 1. The van der Waals surface area contributed by atoms with Crippen LogP contribution in [-0.2, 0) is 4.74 Å². The summed E-state index contributed by atoms with van der Waals surface area (Å²) in [6.07, 6.45) is 0.247. The molecule has 0 aliphatic carbocycles. The van der Waals surface area contributed by atoms with Gasteiger partial charge in [-0.05, 0) is 19.1 Å². The van der Waals surface area contributed by atoms with E-state index in [-0.39, 0.29) is 6.10 Å². The van der Waals surface area contributed by atoms with Gasteiger partial charge in [0.1, 0.15) is 0 Å². The average Bonchev–Trinajstić information content (AvgIpc) is 2.39. The third-order valence-electron chi connectivity index (χ3n) is 3.16. The number of ether oxygens (including phenoxy) is 1. The van der Waals surface area contributed by atoms with Crippen LogP contribution < -0.4 is 10.6 Å². The second-order valence-electron chi connectivity index (χ2n) is 4.98. The van der Waals surface area contributed by atoms with E-state index < -0.39 is 0 Å². The van der Waals surface area contributed by atoms with Crippen LogP contribution in [0.1, 0.15) is 6.92 Å². The molecule has 5 heteroatoms. The van der Waals surface area contributed by atoms with Crippen LogP contribution >= 0.6 is 0 Å². The van der Waals surface area contributed by atoms with E-state index in [0.29, 0.717) is 5.96 Å². The molecule has 0 aromatic heterocycles. The van der Waals surface area contributed by atoms with Crippen LogP contribution in [0.5, 0.6) is 0 Å². The molecular formula is C14H22N4O. The Balaban J connectivity index is 2.28. The molecule has 0 spiro atoms. The fourth-order valence-electron chi connectivity index (χ4n) is 2.09. The Morgan fingerprint density at radius 2 is 2.16 bits per heavy atom. The normalized spacial score (nSPS) is 20.5. The van der Waals surface area contributed by atoms with Crippen molar-refractivity contribution < 1.29 is 4.74 Å². The molecule has 1 fully saturated rings. The van der Waals surface area contributed by atoms with Crippen molar-refractivity contribution in [2.75, 3.05) is 38.7 Å². The van der Waals surface area contributed by atoms with E-state index in [9.17, 15) is 0 Å². The van der Waals surface area contributed by atoms with Crippen LogP contribution in [0.15, 0.2) is 29.3 Å². The van der Waals surface area contributed by atoms with Gasteiger partial charge in [-0.2, -0.15) is 0 Å². The predicted octanol–water partition coefficient (Wildman–Crippen LogP) is 1.42. The average molecular weight is 262 g/mol. The molecule has 0 bridgehead atoms. The van der Waals surface area contributed by atoms with Gasteiger partial charge in [0, 0.05) is 27.2 Å². The van der Waals surface area contributed by atoms with Crippen molar-refractivity contribution in [2.45, 2.75) is 13.0 Å². The van der Waals surface area contributed by atoms with Crippen LogP contribution in [0.25, 0.3) is 0 Å². The Kier molecular flexibility index (Phi) is 4.27. The molecule has 1 heterocycles. The van der Waals surface area contributed by atoms with Gasteiger partial charge >= 0.3 is 0 Å². The second kappa shape index (κ2) is 5.93. The molecule has 19 heavy (non-hydrogen) atoms. The van der Waals surface area contributed by atoms with Crippen molar-refractivity contribution in [1.29, 1.82) is 0 Å². The molecule has 1 aromatic carbocycles. The minimum absolute atomic E-state index is 0.247. The molecule has 1 aliphatic rings. The van der Waals surface area contributed by atoms with Crippen molar-refractivity contribution in [2.24, 2.45) is 10.7 Å². The first-order valence-electron chi connectivity index (χ1n) is 6.55. The van der Waals surface area contributed by atoms with E-state index in [1.54, 1.807) is 4.90 Å². The SMILES string of the molecule is CC1CN(c2ccccc2N=C(N)N(C)C)CCO1. The first-order valence-corrected chi connectivity index (χ1v) is 6.55. The van der Waals surface area contributed by atoms with E-state index >= 15 is 0 Å². The highest BCUT2D eigenvalue weighted by Gasteiger charge is 2.19. The number of morpholine rings is 1. The summed E-state index contributed by atoms with van der Waals surface area (Å²) in [7, 11) is 3.77. The van der Waals surface area contributed by atoms with Gasteiger partial charge in [0.25, 0.3) is 0 Å². The molecular weight excluding hydrogens is 240 g/mol. The summed E-state index contributed by atoms with van der Waals surface area (Å²) in [5.41, 5.74) is 7.93. The summed E-state index contributed by atoms with van der Waals surface area (Å²) >= 11 is 0. The summed E-state index contributed by atoms with van der Waals surface area (Å²) in [5, 5.41) is 0. The number of hydrogen-bond donors (Lipinski definition) is 1. The molecule has 0 saturated carbocycles. The summed E-state index contributed by atoms with van der Waals surface area (Å²) < 4.78 is 5.58. The summed E-state index contributed by atoms with van der Waals surface area (Å²) in [5.74, 6) is 0.508. The highest BCUT2D eigenvalue weighted by molar-refractivity contribution is 5.83. The minimum atomic E-state index is 0.247. The maximum Gasteiger partial charge on any atom is 0.196 e. The lowest BCUT2D eigenvalue weighted by atomic mass is 10.2. The molecule has 1 saturated heterocycles. The molecule has 1 aliphatic heterocycles. The number of aliphatic imine (C=N–C) groups is 1. The number of nitrogens with zero attached hydrogens (tertiary/aromatic N) is 3. The first kappa shape index (κ1) is 13.7. The minimum Gasteiger partial charge on any atom is -0.375 e. The van der Waals surface area contributed by atoms with Crippen molar-refractivity contribution in [1.82, 2.24) is 4.90 Å². The fraction of sp³-hybridized carbons (Fsp3) is 0.500. The highest BCUT2D eigenvalue weighted by atomic mass is 16.5. The van der Waals surface area contributed by atoms with Crippen molar-refractivity contribution in [3.63, 3.8) is 0 Å². The topological polar surface area (TPSA) is 54.1 Å². The standard InChI is InChI=1S/C14H22N4O/c1-11-10-18(8-9-19-11)13-7-5-4-6-12(13)16-14(15)17(2)3/h4-7,11H,8-10H2,1-3H3,(H2,15,16). The van der Waals surface area contributed by atoms with Gasteiger partial charge in [-0.15, -0.1) is 0 Å². The molecule has 2 N–H and O–H groups in total. The highest BCUT2D eigenvalue weighted by Crippen LogP contribution is 2.29. The molecule has 1 unspecified atom stereocenters. The van der Waals surface area contributed by atoms with Crippen LogP contribution in [0.3, 0.4) is 0 Å². The Bertz CT molecular complexity index is 459. The molecule has 2 rings (SSSR count). The quantitative estimate of drug-likeness (QED) is 0.647. The monoisotopic (exact) mass is 262 g/mol. The van der Waals surface area contributed by atoms with Crippen molar-refractivity contribution in [3.05, 3.63) is 24.3 Å². The van der Waals surface area contributed by atoms with Gasteiger partial charge in [0.05, 0.1) is 24.1 Å². The van der Waals surface area contributed by atoms with E-state index in [1.165, 1.54) is 0 Å². The van der Waals surface area contributed by atoms with Crippen molar-refractivity contribution in [3.8, 4) is 0 Å². The van der Waals surface area contributed by atoms with Gasteiger partial charge in [0.15, 0.2) is 5.96 Å². The zero-order chi connectivity index (χ0) is 13.8. The van der Waals surface area contributed by atoms with Gasteiger partial charge in [-0.1, -0.05) is 12.1 Å². The van der Waals surface area contributed by atoms with Crippen molar-refractivity contribution >= 4 is 17.3 Å². The lowest BCUT2D eigenvalue weighted by Crippen LogP contribution is -2.41. The van der Waals surface area contributed by atoms with Crippen LogP contribution in [0, 0.1) is 0 Å². The van der Waals surface area contributed by atoms with Gasteiger partial charge in [-0.3, -0.25) is 0 Å². The van der Waals surface area contributed by atoms with E-state index in [1.807, 2.05) is 32.3 Å². The Hall–Kier alpha value is -1.75. The molecule has 1 atom stereocenters. The Morgan fingerprint density at radius 1 is 1.42 bits per heavy atom. The number of rotatable bonds is 2. The lowest BCUT2D eigenvalue weighted by molar-refractivity contribution is 0.0532. The maximum absolute atomic E-state index is 5.91. The Labute approximate surface area is 114 Å². The number of hydrogen-bond acceptors (Lipinski definition) is 3. The number of anilines is 1. The molecule has 0 radical (unpaired) electrons.